The maximum atomic E-state index is 4.75. The van der Waals surface area contributed by atoms with Crippen LogP contribution in [0.3, 0.4) is 0 Å². The van der Waals surface area contributed by atoms with E-state index in [1.165, 1.54) is 19.4 Å². The van der Waals surface area contributed by atoms with Crippen molar-refractivity contribution in [3.05, 3.63) is 30.1 Å². The minimum absolute atomic E-state index is 0.685. The van der Waals surface area contributed by atoms with Gasteiger partial charge in [0.1, 0.15) is 0 Å². The summed E-state index contributed by atoms with van der Waals surface area (Å²) < 4.78 is 0. The highest BCUT2D eigenvalue weighted by Crippen LogP contribution is 2.14. The summed E-state index contributed by atoms with van der Waals surface area (Å²) in [6.45, 7) is 7.14. The van der Waals surface area contributed by atoms with Crippen molar-refractivity contribution in [2.24, 2.45) is 10.9 Å². The number of nitrogens with zero attached hydrogens (tertiary/aromatic N) is 3. The standard InChI is InChI=1S/C17H29N5/c1-3-18-17(20-11-9-16-8-4-5-10-19-16)21-13-15-7-6-12-22(2)14-15/h4-5,8,10,15H,3,6-7,9,11-14H2,1-2H3,(H2,18,20,21). The third kappa shape index (κ3) is 6.02. The molecule has 1 saturated heterocycles. The first-order valence-corrected chi connectivity index (χ1v) is 8.38. The van der Waals surface area contributed by atoms with Crippen LogP contribution < -0.4 is 10.6 Å². The van der Waals surface area contributed by atoms with Crippen molar-refractivity contribution in [2.75, 3.05) is 39.8 Å². The molecule has 2 heterocycles. The number of guanidine groups is 1. The molecule has 1 aromatic rings. The highest BCUT2D eigenvalue weighted by atomic mass is 15.2. The summed E-state index contributed by atoms with van der Waals surface area (Å²) in [7, 11) is 2.20. The van der Waals surface area contributed by atoms with Crippen molar-refractivity contribution in [3.8, 4) is 0 Å². The SMILES string of the molecule is CCNC(=NCC1CCCN(C)C1)NCCc1ccccn1. The van der Waals surface area contributed by atoms with Crippen LogP contribution in [0.4, 0.5) is 0 Å². The first-order chi connectivity index (χ1) is 10.8. The van der Waals surface area contributed by atoms with Crippen LogP contribution in [0.5, 0.6) is 0 Å². The van der Waals surface area contributed by atoms with E-state index in [2.05, 4.69) is 40.6 Å². The second-order valence-corrected chi connectivity index (χ2v) is 5.99. The van der Waals surface area contributed by atoms with Crippen LogP contribution in [0.2, 0.25) is 0 Å². The molecule has 0 radical (unpaired) electrons. The zero-order valence-corrected chi connectivity index (χ0v) is 13.9. The van der Waals surface area contributed by atoms with Crippen LogP contribution >= 0.6 is 0 Å². The second-order valence-electron chi connectivity index (χ2n) is 5.99. The zero-order valence-electron chi connectivity index (χ0n) is 13.9. The smallest absolute Gasteiger partial charge is 0.191 e. The van der Waals surface area contributed by atoms with E-state index in [1.54, 1.807) is 0 Å². The van der Waals surface area contributed by atoms with Crippen molar-refractivity contribution >= 4 is 5.96 Å². The average Bonchev–Trinajstić information content (AvgIpc) is 2.54. The van der Waals surface area contributed by atoms with Crippen molar-refractivity contribution in [1.29, 1.82) is 0 Å². The lowest BCUT2D eigenvalue weighted by Gasteiger charge is -2.28. The number of nitrogens with one attached hydrogen (secondary N) is 2. The Morgan fingerprint density at radius 1 is 1.41 bits per heavy atom. The summed E-state index contributed by atoms with van der Waals surface area (Å²) in [5.41, 5.74) is 1.11. The lowest BCUT2D eigenvalue weighted by molar-refractivity contribution is 0.214. The first kappa shape index (κ1) is 16.7. The van der Waals surface area contributed by atoms with Crippen LogP contribution in [0.1, 0.15) is 25.5 Å². The van der Waals surface area contributed by atoms with Gasteiger partial charge in [0, 0.05) is 44.5 Å². The summed E-state index contributed by atoms with van der Waals surface area (Å²) in [6.07, 6.45) is 5.34. The molecule has 1 fully saturated rings. The molecule has 0 bridgehead atoms. The quantitative estimate of drug-likeness (QED) is 0.618. The van der Waals surface area contributed by atoms with Gasteiger partial charge in [0.05, 0.1) is 0 Å². The van der Waals surface area contributed by atoms with Gasteiger partial charge in [-0.1, -0.05) is 6.07 Å². The Balaban J connectivity index is 1.77. The predicted octanol–water partition coefficient (Wildman–Crippen LogP) is 1.52. The van der Waals surface area contributed by atoms with E-state index in [4.69, 9.17) is 4.99 Å². The maximum Gasteiger partial charge on any atom is 0.191 e. The topological polar surface area (TPSA) is 52.6 Å². The van der Waals surface area contributed by atoms with Gasteiger partial charge in [0.15, 0.2) is 5.96 Å². The fraction of sp³-hybridized carbons (Fsp3) is 0.647. The molecule has 5 nitrogen and oxygen atoms in total. The molecule has 1 aliphatic rings. The lowest BCUT2D eigenvalue weighted by Crippen LogP contribution is -2.39. The minimum Gasteiger partial charge on any atom is -0.357 e. The molecule has 1 atom stereocenters. The van der Waals surface area contributed by atoms with Crippen molar-refractivity contribution in [3.63, 3.8) is 0 Å². The zero-order chi connectivity index (χ0) is 15.6. The van der Waals surface area contributed by atoms with Gasteiger partial charge in [-0.2, -0.15) is 0 Å². The van der Waals surface area contributed by atoms with Crippen LogP contribution in [0.15, 0.2) is 29.4 Å². The maximum absolute atomic E-state index is 4.75. The highest BCUT2D eigenvalue weighted by Gasteiger charge is 2.16. The van der Waals surface area contributed by atoms with Gasteiger partial charge in [0.25, 0.3) is 0 Å². The number of aliphatic imine (C=N–C) groups is 1. The summed E-state index contributed by atoms with van der Waals surface area (Å²) in [6, 6.07) is 6.04. The number of hydrogen-bond acceptors (Lipinski definition) is 3. The van der Waals surface area contributed by atoms with Gasteiger partial charge in [-0.3, -0.25) is 9.98 Å². The molecule has 2 N–H and O–H groups in total. The fourth-order valence-electron chi connectivity index (χ4n) is 2.84. The Morgan fingerprint density at radius 3 is 3.05 bits per heavy atom. The Labute approximate surface area is 134 Å². The molecule has 0 aromatic carbocycles. The molecule has 0 spiro atoms. The van der Waals surface area contributed by atoms with Crippen LogP contribution in [0.25, 0.3) is 0 Å². The monoisotopic (exact) mass is 303 g/mol. The largest absolute Gasteiger partial charge is 0.357 e. The van der Waals surface area contributed by atoms with Crippen LogP contribution in [-0.4, -0.2) is 55.6 Å². The third-order valence-corrected chi connectivity index (χ3v) is 3.97. The molecule has 122 valence electrons. The van der Waals surface area contributed by atoms with Gasteiger partial charge < -0.3 is 15.5 Å². The Bertz CT molecular complexity index is 446. The van der Waals surface area contributed by atoms with Gasteiger partial charge in [0.2, 0.25) is 0 Å². The number of hydrogen-bond donors (Lipinski definition) is 2. The molecule has 2 rings (SSSR count). The molecule has 0 aliphatic carbocycles. The van der Waals surface area contributed by atoms with Gasteiger partial charge in [-0.25, -0.2) is 0 Å². The first-order valence-electron chi connectivity index (χ1n) is 8.38. The Kier molecular flexibility index (Phi) is 7.16. The number of piperidine rings is 1. The summed E-state index contributed by atoms with van der Waals surface area (Å²) in [5.74, 6) is 1.61. The van der Waals surface area contributed by atoms with Crippen LogP contribution in [0, 0.1) is 5.92 Å². The molecule has 22 heavy (non-hydrogen) atoms. The predicted molar refractivity (Wildman–Crippen MR) is 92.1 cm³/mol. The van der Waals surface area contributed by atoms with E-state index in [9.17, 15) is 0 Å². The summed E-state index contributed by atoms with van der Waals surface area (Å²) >= 11 is 0. The van der Waals surface area contributed by atoms with Crippen molar-refractivity contribution in [1.82, 2.24) is 20.5 Å². The summed E-state index contributed by atoms with van der Waals surface area (Å²) in [4.78, 5) is 11.5. The van der Waals surface area contributed by atoms with E-state index in [-0.39, 0.29) is 0 Å². The number of likely N-dealkylation sites (tertiary alicyclic amines) is 1. The molecular weight excluding hydrogens is 274 g/mol. The fourth-order valence-corrected chi connectivity index (χ4v) is 2.84. The number of pyridine rings is 1. The van der Waals surface area contributed by atoms with Crippen LogP contribution in [-0.2, 0) is 6.42 Å². The molecule has 0 saturated carbocycles. The number of rotatable bonds is 6. The van der Waals surface area contributed by atoms with E-state index < -0.39 is 0 Å². The second kappa shape index (κ2) is 9.41. The van der Waals surface area contributed by atoms with Crippen molar-refractivity contribution < 1.29 is 0 Å². The Hall–Kier alpha value is -1.62. The molecule has 1 aliphatic heterocycles. The highest BCUT2D eigenvalue weighted by molar-refractivity contribution is 5.79. The number of aromatic nitrogens is 1. The third-order valence-electron chi connectivity index (χ3n) is 3.97. The summed E-state index contributed by atoms with van der Waals surface area (Å²) in [5, 5.41) is 6.73. The van der Waals surface area contributed by atoms with E-state index in [0.29, 0.717) is 5.92 Å². The van der Waals surface area contributed by atoms with E-state index in [0.717, 1.165) is 44.3 Å². The molecular formula is C17H29N5. The van der Waals surface area contributed by atoms with Gasteiger partial charge in [-0.15, -0.1) is 0 Å². The molecule has 5 heteroatoms. The minimum atomic E-state index is 0.685. The Morgan fingerprint density at radius 2 is 2.32 bits per heavy atom. The van der Waals surface area contributed by atoms with Gasteiger partial charge in [-0.05, 0) is 51.4 Å². The molecule has 1 aromatic heterocycles. The van der Waals surface area contributed by atoms with Crippen molar-refractivity contribution in [2.45, 2.75) is 26.2 Å². The normalized spacial score (nSPS) is 19.9. The molecule has 0 amide bonds. The molecule has 1 unspecified atom stereocenters. The van der Waals surface area contributed by atoms with E-state index >= 15 is 0 Å². The van der Waals surface area contributed by atoms with E-state index in [1.807, 2.05) is 18.3 Å². The van der Waals surface area contributed by atoms with Gasteiger partial charge >= 0.3 is 0 Å². The lowest BCUT2D eigenvalue weighted by atomic mass is 9.99. The average molecular weight is 303 g/mol.